The molecule has 2 unspecified atom stereocenters. The molecule has 0 aliphatic heterocycles. The van der Waals surface area contributed by atoms with Crippen molar-refractivity contribution in [2.75, 3.05) is 18.9 Å². The van der Waals surface area contributed by atoms with Crippen LogP contribution < -0.4 is 11.1 Å². The number of nitrogens with two attached hydrogens (primary N) is 1. The minimum Gasteiger partial charge on any atom is -0.478 e. The Bertz CT molecular complexity index is 1150. The zero-order valence-electron chi connectivity index (χ0n) is 17.5. The number of carbonyl (C=O) groups excluding carboxylic acids is 1. The fraction of sp³-hybridized carbons (Fsp3) is 0.208. The van der Waals surface area contributed by atoms with Gasteiger partial charge in [-0.2, -0.15) is 0 Å². The van der Waals surface area contributed by atoms with Gasteiger partial charge in [-0.05, 0) is 28.3 Å². The van der Waals surface area contributed by atoms with Gasteiger partial charge in [-0.25, -0.2) is 14.6 Å². The molecular formula is C24H23N3O6. The second-order valence-corrected chi connectivity index (χ2v) is 7.72. The molecule has 1 aliphatic carbocycles. The molecule has 9 nitrogen and oxygen atoms in total. The van der Waals surface area contributed by atoms with E-state index in [1.165, 1.54) is 0 Å². The molecule has 0 fully saturated rings. The maximum Gasteiger partial charge on any atom is 0.407 e. The largest absolute Gasteiger partial charge is 0.478 e. The molecule has 170 valence electrons. The summed E-state index contributed by atoms with van der Waals surface area (Å²) in [6, 6.07) is 17.0. The minimum absolute atomic E-state index is 0.0447. The Hall–Kier alpha value is -3.95. The molecule has 0 saturated heterocycles. The Balaban J connectivity index is 1.36. The van der Waals surface area contributed by atoms with E-state index in [1.807, 2.05) is 48.5 Å². The van der Waals surface area contributed by atoms with Gasteiger partial charge in [0.15, 0.2) is 0 Å². The number of pyridine rings is 1. The van der Waals surface area contributed by atoms with Gasteiger partial charge in [-0.3, -0.25) is 0 Å². The highest BCUT2D eigenvalue weighted by Gasteiger charge is 2.29. The van der Waals surface area contributed by atoms with Crippen molar-refractivity contribution in [1.29, 1.82) is 0 Å². The molecule has 4 rings (SSSR count). The molecular weight excluding hydrogens is 426 g/mol. The number of aliphatic hydroxyl groups excluding tert-OH is 2. The normalized spacial score (nSPS) is 14.1. The second-order valence-electron chi connectivity index (χ2n) is 7.72. The second kappa shape index (κ2) is 9.27. The van der Waals surface area contributed by atoms with Gasteiger partial charge in [0.25, 0.3) is 0 Å². The van der Waals surface area contributed by atoms with Crippen molar-refractivity contribution in [1.82, 2.24) is 10.3 Å². The predicted octanol–water partition coefficient (Wildman–Crippen LogP) is 2.29. The maximum absolute atomic E-state index is 12.3. The Labute approximate surface area is 189 Å². The molecule has 0 bridgehead atoms. The van der Waals surface area contributed by atoms with Gasteiger partial charge >= 0.3 is 12.1 Å². The Morgan fingerprint density at radius 1 is 1.06 bits per heavy atom. The number of nitrogens with zero attached hydrogens (tertiary/aromatic N) is 1. The summed E-state index contributed by atoms with van der Waals surface area (Å²) in [6.45, 7) is -0.232. The number of carboxylic acid groups (broad SMARTS) is 1. The fourth-order valence-electron chi connectivity index (χ4n) is 4.00. The molecule has 3 aromatic rings. The van der Waals surface area contributed by atoms with Crippen LogP contribution in [0.2, 0.25) is 0 Å². The lowest BCUT2D eigenvalue weighted by Gasteiger charge is -2.20. The lowest BCUT2D eigenvalue weighted by Crippen LogP contribution is -2.36. The lowest BCUT2D eigenvalue weighted by molar-refractivity contribution is 0.0187. The summed E-state index contributed by atoms with van der Waals surface area (Å²) in [4.78, 5) is 27.1. The monoisotopic (exact) mass is 449 g/mol. The number of aliphatic hydroxyl groups is 2. The van der Waals surface area contributed by atoms with Crippen LogP contribution in [0.5, 0.6) is 0 Å². The SMILES string of the molecule is Nc1ncc(C(=O)O)cc1C(O)C(O)CNC(=O)OCC1c2ccccc2-c2ccccc21. The number of nitrogen functional groups attached to an aromatic ring is 1. The number of carbonyl (C=O) groups is 2. The number of hydrogen-bond donors (Lipinski definition) is 5. The van der Waals surface area contributed by atoms with E-state index < -0.39 is 24.3 Å². The highest BCUT2D eigenvalue weighted by Crippen LogP contribution is 2.44. The van der Waals surface area contributed by atoms with Gasteiger partial charge in [0.05, 0.1) is 5.56 Å². The lowest BCUT2D eigenvalue weighted by atomic mass is 9.98. The van der Waals surface area contributed by atoms with E-state index >= 15 is 0 Å². The van der Waals surface area contributed by atoms with Crippen LogP contribution in [-0.2, 0) is 4.74 Å². The summed E-state index contributed by atoms with van der Waals surface area (Å²) in [5.41, 5.74) is 9.82. The number of amides is 1. The van der Waals surface area contributed by atoms with Crippen LogP contribution in [0.3, 0.4) is 0 Å². The van der Waals surface area contributed by atoms with Gasteiger partial charge < -0.3 is 31.1 Å². The van der Waals surface area contributed by atoms with E-state index in [2.05, 4.69) is 10.3 Å². The molecule has 1 amide bonds. The third-order valence-electron chi connectivity index (χ3n) is 5.68. The van der Waals surface area contributed by atoms with Crippen LogP contribution in [-0.4, -0.2) is 51.6 Å². The summed E-state index contributed by atoms with van der Waals surface area (Å²) in [6.07, 6.45) is -2.72. The molecule has 1 heterocycles. The number of aromatic nitrogens is 1. The van der Waals surface area contributed by atoms with E-state index in [-0.39, 0.29) is 36.0 Å². The first-order valence-corrected chi connectivity index (χ1v) is 10.3. The third kappa shape index (κ3) is 4.50. The van der Waals surface area contributed by atoms with Gasteiger partial charge in [0.2, 0.25) is 0 Å². The topological polar surface area (TPSA) is 155 Å². The molecule has 33 heavy (non-hydrogen) atoms. The Morgan fingerprint density at radius 2 is 1.67 bits per heavy atom. The number of rotatable bonds is 7. The van der Waals surface area contributed by atoms with Crippen molar-refractivity contribution in [3.05, 3.63) is 83.0 Å². The Morgan fingerprint density at radius 3 is 2.27 bits per heavy atom. The van der Waals surface area contributed by atoms with Crippen LogP contribution in [0.4, 0.5) is 10.6 Å². The molecule has 1 aliphatic rings. The van der Waals surface area contributed by atoms with Gasteiger partial charge in [0.1, 0.15) is 24.6 Å². The molecule has 0 radical (unpaired) electrons. The molecule has 6 N–H and O–H groups in total. The first-order valence-electron chi connectivity index (χ1n) is 10.3. The van der Waals surface area contributed by atoms with Crippen LogP contribution in [0.1, 0.15) is 39.1 Å². The summed E-state index contributed by atoms with van der Waals surface area (Å²) < 4.78 is 5.39. The number of ether oxygens (including phenoxy) is 1. The number of aromatic carboxylic acids is 1. The summed E-state index contributed by atoms with van der Waals surface area (Å²) in [7, 11) is 0. The van der Waals surface area contributed by atoms with E-state index in [0.29, 0.717) is 0 Å². The van der Waals surface area contributed by atoms with Crippen molar-refractivity contribution in [3.8, 4) is 11.1 Å². The standard InChI is InChI=1S/C24H23N3O6/c25-22-18(9-13(10-26-22)23(30)31)21(29)20(28)11-27-24(32)33-12-19-16-7-3-1-5-14(16)15-6-2-4-8-17(15)19/h1-10,19-21,28-29H,11-12H2,(H2,25,26)(H,27,32)(H,30,31). The summed E-state index contributed by atoms with van der Waals surface area (Å²) in [5.74, 6) is -1.47. The van der Waals surface area contributed by atoms with Gasteiger partial charge in [0, 0.05) is 24.2 Å². The number of nitrogens with one attached hydrogen (secondary N) is 1. The smallest absolute Gasteiger partial charge is 0.407 e. The number of fused-ring (bicyclic) bond motifs is 3. The first kappa shape index (κ1) is 22.3. The highest BCUT2D eigenvalue weighted by molar-refractivity contribution is 5.87. The van der Waals surface area contributed by atoms with Crippen LogP contribution >= 0.6 is 0 Å². The third-order valence-corrected chi connectivity index (χ3v) is 5.68. The minimum atomic E-state index is -1.55. The summed E-state index contributed by atoms with van der Waals surface area (Å²) >= 11 is 0. The van der Waals surface area contributed by atoms with Crippen LogP contribution in [0.25, 0.3) is 11.1 Å². The van der Waals surface area contributed by atoms with Crippen molar-refractivity contribution in [3.63, 3.8) is 0 Å². The van der Waals surface area contributed by atoms with Crippen molar-refractivity contribution >= 4 is 17.9 Å². The average Bonchev–Trinajstić information content (AvgIpc) is 3.14. The highest BCUT2D eigenvalue weighted by atomic mass is 16.5. The molecule has 9 heteroatoms. The van der Waals surface area contributed by atoms with Crippen molar-refractivity contribution in [2.24, 2.45) is 0 Å². The Kier molecular flexibility index (Phi) is 6.25. The quantitative estimate of drug-likeness (QED) is 0.368. The van der Waals surface area contributed by atoms with E-state index in [4.69, 9.17) is 15.6 Å². The van der Waals surface area contributed by atoms with Gasteiger partial charge in [-0.1, -0.05) is 48.5 Å². The van der Waals surface area contributed by atoms with Crippen LogP contribution in [0.15, 0.2) is 60.8 Å². The van der Waals surface area contributed by atoms with Gasteiger partial charge in [-0.15, -0.1) is 0 Å². The van der Waals surface area contributed by atoms with E-state index in [1.54, 1.807) is 0 Å². The molecule has 0 spiro atoms. The number of carboxylic acids is 1. The fourth-order valence-corrected chi connectivity index (χ4v) is 4.00. The zero-order valence-corrected chi connectivity index (χ0v) is 17.5. The zero-order chi connectivity index (χ0) is 23.5. The molecule has 2 aromatic carbocycles. The van der Waals surface area contributed by atoms with E-state index in [9.17, 15) is 19.8 Å². The average molecular weight is 449 g/mol. The number of benzene rings is 2. The van der Waals surface area contributed by atoms with Crippen LogP contribution in [0, 0.1) is 0 Å². The van der Waals surface area contributed by atoms with Crippen molar-refractivity contribution < 1.29 is 29.6 Å². The molecule has 0 saturated carbocycles. The molecule has 2 atom stereocenters. The summed E-state index contributed by atoms with van der Waals surface area (Å²) in [5, 5.41) is 32.1. The van der Waals surface area contributed by atoms with Crippen molar-refractivity contribution in [2.45, 2.75) is 18.1 Å². The number of alkyl carbamates (subject to hydrolysis) is 1. The van der Waals surface area contributed by atoms with E-state index in [0.717, 1.165) is 34.5 Å². The first-order chi connectivity index (χ1) is 15.9. The molecule has 1 aromatic heterocycles. The maximum atomic E-state index is 12.3. The number of hydrogen-bond acceptors (Lipinski definition) is 7. The number of anilines is 1. The predicted molar refractivity (Wildman–Crippen MR) is 120 cm³/mol.